The van der Waals surface area contributed by atoms with Crippen LogP contribution in [0.2, 0.25) is 0 Å². The zero-order valence-electron chi connectivity index (χ0n) is 18.2. The lowest BCUT2D eigenvalue weighted by Gasteiger charge is -2.18. The molecule has 0 saturated carbocycles. The summed E-state index contributed by atoms with van der Waals surface area (Å²) in [5.41, 5.74) is 0.375. The van der Waals surface area contributed by atoms with Crippen LogP contribution in [0.25, 0.3) is 0 Å². The van der Waals surface area contributed by atoms with E-state index in [4.69, 9.17) is 9.47 Å². The van der Waals surface area contributed by atoms with Crippen LogP contribution in [0.4, 0.5) is 0 Å². The third-order valence-electron chi connectivity index (χ3n) is 4.85. The highest BCUT2D eigenvalue weighted by Crippen LogP contribution is 2.27. The standard InChI is InChI=1S/C20H35N3O5S/c1-6-23(7-2)13-8-9-16(3)22-29(25,26)14-12-21-20(24)17-10-11-18(27-4)19(15-17)28-5/h10-11,15-16,22H,6-9,12-14H2,1-5H3,(H,21,24)/p+1/t16-/m0/s1. The Morgan fingerprint density at radius 1 is 1.14 bits per heavy atom. The molecule has 0 heterocycles. The van der Waals surface area contributed by atoms with Crippen molar-refractivity contribution in [3.8, 4) is 11.5 Å². The van der Waals surface area contributed by atoms with Crippen LogP contribution < -0.4 is 24.4 Å². The quantitative estimate of drug-likeness (QED) is 0.398. The summed E-state index contributed by atoms with van der Waals surface area (Å²) in [6.45, 7) is 9.41. The Labute approximate surface area is 175 Å². The van der Waals surface area contributed by atoms with Crippen LogP contribution in [-0.2, 0) is 10.0 Å². The zero-order valence-corrected chi connectivity index (χ0v) is 19.0. The normalized spacial score (nSPS) is 12.6. The molecule has 0 spiro atoms. The number of quaternary nitrogens is 1. The molecule has 166 valence electrons. The van der Waals surface area contributed by atoms with Crippen molar-refractivity contribution >= 4 is 15.9 Å². The van der Waals surface area contributed by atoms with Crippen LogP contribution in [0.3, 0.4) is 0 Å². The Balaban J connectivity index is 2.44. The van der Waals surface area contributed by atoms with Crippen molar-refractivity contribution < 1.29 is 27.6 Å². The van der Waals surface area contributed by atoms with Crippen molar-refractivity contribution in [2.24, 2.45) is 0 Å². The van der Waals surface area contributed by atoms with Gasteiger partial charge in [0.25, 0.3) is 5.91 Å². The molecule has 0 aromatic heterocycles. The number of amides is 1. The summed E-state index contributed by atoms with van der Waals surface area (Å²) < 4.78 is 37.5. The van der Waals surface area contributed by atoms with Gasteiger partial charge in [0.2, 0.25) is 10.0 Å². The predicted molar refractivity (Wildman–Crippen MR) is 114 cm³/mol. The Kier molecular flexibility index (Phi) is 11.0. The number of hydrogen-bond acceptors (Lipinski definition) is 5. The van der Waals surface area contributed by atoms with Gasteiger partial charge >= 0.3 is 0 Å². The first-order chi connectivity index (χ1) is 13.8. The molecule has 3 N–H and O–H groups in total. The molecule has 0 unspecified atom stereocenters. The first-order valence-electron chi connectivity index (χ1n) is 10.1. The van der Waals surface area contributed by atoms with Crippen molar-refractivity contribution in [2.75, 3.05) is 46.2 Å². The number of carbonyl (C=O) groups excluding carboxylic acids is 1. The second kappa shape index (κ2) is 12.7. The van der Waals surface area contributed by atoms with Gasteiger partial charge in [-0.1, -0.05) is 0 Å². The predicted octanol–water partition coefficient (Wildman–Crippen LogP) is 0.446. The number of methoxy groups -OCH3 is 2. The van der Waals surface area contributed by atoms with E-state index in [1.54, 1.807) is 18.2 Å². The topological polar surface area (TPSA) is 98.2 Å². The number of carbonyl (C=O) groups is 1. The fourth-order valence-corrected chi connectivity index (χ4v) is 4.28. The smallest absolute Gasteiger partial charge is 0.251 e. The van der Waals surface area contributed by atoms with Crippen LogP contribution in [0, 0.1) is 0 Å². The molecule has 0 fully saturated rings. The van der Waals surface area contributed by atoms with Crippen LogP contribution in [0.15, 0.2) is 18.2 Å². The molecule has 0 aliphatic rings. The maximum Gasteiger partial charge on any atom is 0.251 e. The fourth-order valence-electron chi connectivity index (χ4n) is 3.06. The van der Waals surface area contributed by atoms with Crippen molar-refractivity contribution in [3.63, 3.8) is 0 Å². The van der Waals surface area contributed by atoms with E-state index < -0.39 is 10.0 Å². The van der Waals surface area contributed by atoms with Gasteiger partial charge < -0.3 is 19.7 Å². The summed E-state index contributed by atoms with van der Waals surface area (Å²) in [6, 6.07) is 4.66. The lowest BCUT2D eigenvalue weighted by molar-refractivity contribution is -0.896. The van der Waals surface area contributed by atoms with E-state index in [1.165, 1.54) is 19.1 Å². The van der Waals surface area contributed by atoms with E-state index >= 15 is 0 Å². The van der Waals surface area contributed by atoms with Gasteiger partial charge in [0, 0.05) is 18.2 Å². The summed E-state index contributed by atoms with van der Waals surface area (Å²) in [6.07, 6.45) is 1.76. The molecule has 9 heteroatoms. The zero-order chi connectivity index (χ0) is 21.9. The minimum atomic E-state index is -3.46. The van der Waals surface area contributed by atoms with Gasteiger partial charge in [-0.2, -0.15) is 0 Å². The number of ether oxygens (including phenoxy) is 2. The third kappa shape index (κ3) is 9.01. The van der Waals surface area contributed by atoms with E-state index in [0.29, 0.717) is 17.1 Å². The van der Waals surface area contributed by atoms with Crippen molar-refractivity contribution in [2.45, 2.75) is 39.7 Å². The van der Waals surface area contributed by atoms with Crippen molar-refractivity contribution in [1.82, 2.24) is 10.0 Å². The van der Waals surface area contributed by atoms with Crippen LogP contribution in [0.5, 0.6) is 11.5 Å². The summed E-state index contributed by atoms with van der Waals surface area (Å²) in [5.74, 6) is 0.427. The van der Waals surface area contributed by atoms with E-state index in [9.17, 15) is 13.2 Å². The molecule has 0 aliphatic heterocycles. The molecule has 8 nitrogen and oxygen atoms in total. The van der Waals surface area contributed by atoms with Gasteiger partial charge in [-0.15, -0.1) is 0 Å². The van der Waals surface area contributed by atoms with Gasteiger partial charge in [-0.05, 0) is 51.8 Å². The molecular formula is C20H36N3O5S+. The monoisotopic (exact) mass is 430 g/mol. The van der Waals surface area contributed by atoms with Gasteiger partial charge in [0.15, 0.2) is 11.5 Å². The highest BCUT2D eigenvalue weighted by atomic mass is 32.2. The molecule has 1 atom stereocenters. The Bertz CT molecular complexity index is 736. The number of rotatable bonds is 14. The highest BCUT2D eigenvalue weighted by Gasteiger charge is 2.16. The molecule has 29 heavy (non-hydrogen) atoms. The lowest BCUT2D eigenvalue weighted by Crippen LogP contribution is -3.11. The highest BCUT2D eigenvalue weighted by molar-refractivity contribution is 7.89. The molecular weight excluding hydrogens is 394 g/mol. The Morgan fingerprint density at radius 2 is 1.79 bits per heavy atom. The fraction of sp³-hybridized carbons (Fsp3) is 0.650. The number of sulfonamides is 1. The van der Waals surface area contributed by atoms with Crippen LogP contribution >= 0.6 is 0 Å². The molecule has 1 amide bonds. The van der Waals surface area contributed by atoms with Crippen LogP contribution in [0.1, 0.15) is 44.0 Å². The first kappa shape index (κ1) is 25.2. The second-order valence-electron chi connectivity index (χ2n) is 7.01. The summed E-state index contributed by atoms with van der Waals surface area (Å²) in [5, 5.41) is 2.63. The van der Waals surface area contributed by atoms with E-state index in [2.05, 4.69) is 23.9 Å². The van der Waals surface area contributed by atoms with Gasteiger partial charge in [0.05, 0.1) is 39.6 Å². The second-order valence-corrected chi connectivity index (χ2v) is 8.89. The summed E-state index contributed by atoms with van der Waals surface area (Å²) >= 11 is 0. The van der Waals surface area contributed by atoms with Gasteiger partial charge in [-0.3, -0.25) is 4.79 Å². The van der Waals surface area contributed by atoms with Crippen LogP contribution in [-0.4, -0.2) is 66.5 Å². The van der Waals surface area contributed by atoms with E-state index in [1.807, 2.05) is 6.92 Å². The molecule has 0 aliphatic carbocycles. The number of hydrogen-bond donors (Lipinski definition) is 3. The molecule has 1 rings (SSSR count). The lowest BCUT2D eigenvalue weighted by atomic mass is 10.2. The number of nitrogens with one attached hydrogen (secondary N) is 3. The maximum atomic E-state index is 12.3. The molecule has 0 saturated heterocycles. The van der Waals surface area contributed by atoms with Gasteiger partial charge in [0.1, 0.15) is 0 Å². The number of benzene rings is 1. The van der Waals surface area contributed by atoms with Crippen molar-refractivity contribution in [3.05, 3.63) is 23.8 Å². The molecule has 1 aromatic rings. The molecule has 1 aromatic carbocycles. The average Bonchev–Trinajstić information content (AvgIpc) is 2.69. The minimum absolute atomic E-state index is 0.0266. The maximum absolute atomic E-state index is 12.3. The molecule has 0 radical (unpaired) electrons. The first-order valence-corrected chi connectivity index (χ1v) is 11.7. The van der Waals surface area contributed by atoms with Gasteiger partial charge in [-0.25, -0.2) is 13.1 Å². The minimum Gasteiger partial charge on any atom is -0.493 e. The van der Waals surface area contributed by atoms with E-state index in [-0.39, 0.29) is 24.2 Å². The largest absolute Gasteiger partial charge is 0.493 e. The third-order valence-corrected chi connectivity index (χ3v) is 6.35. The van der Waals surface area contributed by atoms with Crippen molar-refractivity contribution in [1.29, 1.82) is 0 Å². The van der Waals surface area contributed by atoms with E-state index in [0.717, 1.165) is 32.5 Å². The average molecular weight is 431 g/mol. The SMILES string of the molecule is CC[NH+](CC)CCC[C@H](C)NS(=O)(=O)CCNC(=O)c1ccc(OC)c(OC)c1. The Hall–Kier alpha value is -1.84. The summed E-state index contributed by atoms with van der Waals surface area (Å²) in [4.78, 5) is 13.8. The summed E-state index contributed by atoms with van der Waals surface area (Å²) in [7, 11) is -0.457. The molecule has 0 bridgehead atoms. The Morgan fingerprint density at radius 3 is 2.38 bits per heavy atom.